The summed E-state index contributed by atoms with van der Waals surface area (Å²) in [5.74, 6) is 0.0453. The number of amides is 1. The number of carbonyl (C=O) groups excluding carboxylic acids is 1. The van der Waals surface area contributed by atoms with Crippen molar-refractivity contribution in [2.24, 2.45) is 0 Å². The van der Waals surface area contributed by atoms with Gasteiger partial charge in [0.2, 0.25) is 11.7 Å². The Balaban J connectivity index is 1.57. The molecule has 0 aliphatic heterocycles. The topological polar surface area (TPSA) is 82.2 Å². The summed E-state index contributed by atoms with van der Waals surface area (Å²) in [4.78, 5) is 12.5. The van der Waals surface area contributed by atoms with Gasteiger partial charge >= 0.3 is 12.4 Å². The van der Waals surface area contributed by atoms with Gasteiger partial charge in [0.1, 0.15) is 5.75 Å². The lowest BCUT2D eigenvalue weighted by Crippen LogP contribution is -2.17. The van der Waals surface area contributed by atoms with Crippen LogP contribution in [0.4, 0.5) is 32.0 Å². The smallest absolute Gasteiger partial charge is 0.416 e. The number of benzene rings is 2. The van der Waals surface area contributed by atoms with Crippen LogP contribution in [0.15, 0.2) is 70.4 Å². The molecule has 0 atom stereocenters. The molecule has 37 heavy (non-hydrogen) atoms. The van der Waals surface area contributed by atoms with Crippen molar-refractivity contribution in [1.29, 1.82) is 0 Å². The summed E-state index contributed by atoms with van der Waals surface area (Å²) in [6.45, 7) is 0. The van der Waals surface area contributed by atoms with Crippen molar-refractivity contribution >= 4 is 23.4 Å². The Morgan fingerprint density at radius 3 is 2.19 bits per heavy atom. The van der Waals surface area contributed by atoms with E-state index in [-0.39, 0.29) is 17.0 Å². The predicted octanol–water partition coefficient (Wildman–Crippen LogP) is 6.30. The third kappa shape index (κ3) is 6.07. The molecule has 2 aromatic heterocycles. The molecule has 0 saturated carbocycles. The van der Waals surface area contributed by atoms with Gasteiger partial charge < -0.3 is 14.5 Å². The molecule has 2 heterocycles. The van der Waals surface area contributed by atoms with Crippen LogP contribution in [-0.2, 0) is 17.1 Å². The van der Waals surface area contributed by atoms with Crippen LogP contribution < -0.4 is 10.1 Å². The number of furan rings is 1. The highest BCUT2D eigenvalue weighted by atomic mass is 32.2. The summed E-state index contributed by atoms with van der Waals surface area (Å²) < 4.78 is 90.7. The summed E-state index contributed by atoms with van der Waals surface area (Å²) in [6.07, 6.45) is -8.63. The van der Waals surface area contributed by atoms with E-state index in [1.54, 1.807) is 41.0 Å². The van der Waals surface area contributed by atoms with Crippen molar-refractivity contribution in [2.45, 2.75) is 17.5 Å². The fourth-order valence-electron chi connectivity index (χ4n) is 3.25. The SMILES string of the molecule is COc1ccc(-n2c(SCC(=O)Nc3cc(C(F)(F)F)cc(C(F)(F)F)c3)nnc2-c2ccco2)cc1. The zero-order valence-corrected chi connectivity index (χ0v) is 19.5. The molecule has 4 aromatic rings. The largest absolute Gasteiger partial charge is 0.497 e. The Morgan fingerprint density at radius 2 is 1.65 bits per heavy atom. The van der Waals surface area contributed by atoms with Gasteiger partial charge in [0.15, 0.2) is 10.9 Å². The predicted molar refractivity (Wildman–Crippen MR) is 121 cm³/mol. The third-order valence-corrected chi connectivity index (χ3v) is 5.84. The van der Waals surface area contributed by atoms with Crippen LogP contribution in [-0.4, -0.2) is 33.5 Å². The molecular weight excluding hydrogens is 526 g/mol. The molecule has 194 valence electrons. The van der Waals surface area contributed by atoms with Crippen molar-refractivity contribution < 1.29 is 40.3 Å². The molecule has 0 saturated heterocycles. The van der Waals surface area contributed by atoms with E-state index in [9.17, 15) is 31.1 Å². The molecule has 0 unspecified atom stereocenters. The summed E-state index contributed by atoms with van der Waals surface area (Å²) in [6, 6.07) is 10.9. The number of ether oxygens (including phenoxy) is 1. The van der Waals surface area contributed by atoms with Gasteiger partial charge in [-0.3, -0.25) is 9.36 Å². The monoisotopic (exact) mass is 542 g/mol. The Labute approximate surface area is 209 Å². The van der Waals surface area contributed by atoms with E-state index < -0.39 is 35.1 Å². The van der Waals surface area contributed by atoms with E-state index in [0.29, 0.717) is 35.2 Å². The highest BCUT2D eigenvalue weighted by Gasteiger charge is 2.37. The molecule has 0 aliphatic rings. The molecule has 14 heteroatoms. The van der Waals surface area contributed by atoms with Crippen LogP contribution in [0.1, 0.15) is 11.1 Å². The van der Waals surface area contributed by atoms with Crippen molar-refractivity contribution in [3.05, 3.63) is 72.0 Å². The fraction of sp³-hybridized carbons (Fsp3) is 0.174. The van der Waals surface area contributed by atoms with Gasteiger partial charge in [0, 0.05) is 5.69 Å². The number of anilines is 1. The van der Waals surface area contributed by atoms with Gasteiger partial charge in [-0.05, 0) is 54.6 Å². The zero-order valence-electron chi connectivity index (χ0n) is 18.7. The molecule has 4 rings (SSSR count). The lowest BCUT2D eigenvalue weighted by Gasteiger charge is -2.15. The third-order valence-electron chi connectivity index (χ3n) is 4.91. The second-order valence-corrected chi connectivity index (χ2v) is 8.39. The average molecular weight is 542 g/mol. The van der Waals surface area contributed by atoms with Gasteiger partial charge in [0.25, 0.3) is 0 Å². The maximum atomic E-state index is 13.1. The Bertz CT molecular complexity index is 1350. The Hall–Kier alpha value is -3.94. The quantitative estimate of drug-likeness (QED) is 0.218. The number of carbonyl (C=O) groups is 1. The van der Waals surface area contributed by atoms with Crippen molar-refractivity contribution in [1.82, 2.24) is 14.8 Å². The summed E-state index contributed by atoms with van der Waals surface area (Å²) in [5, 5.41) is 10.5. The van der Waals surface area contributed by atoms with Crippen LogP contribution in [0.25, 0.3) is 17.3 Å². The van der Waals surface area contributed by atoms with E-state index in [0.717, 1.165) is 11.8 Å². The van der Waals surface area contributed by atoms with Crippen molar-refractivity contribution in [3.8, 4) is 23.0 Å². The lowest BCUT2D eigenvalue weighted by molar-refractivity contribution is -0.143. The van der Waals surface area contributed by atoms with Crippen LogP contribution in [0.5, 0.6) is 5.75 Å². The van der Waals surface area contributed by atoms with E-state index in [1.807, 2.05) is 0 Å². The first-order valence-electron chi connectivity index (χ1n) is 10.3. The number of nitrogens with one attached hydrogen (secondary N) is 1. The van der Waals surface area contributed by atoms with Crippen molar-refractivity contribution in [3.63, 3.8) is 0 Å². The second kappa shape index (κ2) is 10.2. The van der Waals surface area contributed by atoms with Crippen molar-refractivity contribution in [2.75, 3.05) is 18.2 Å². The first-order valence-corrected chi connectivity index (χ1v) is 11.3. The molecule has 1 N–H and O–H groups in total. The van der Waals surface area contributed by atoms with Gasteiger partial charge in [0.05, 0.1) is 35.9 Å². The van der Waals surface area contributed by atoms with Crippen LogP contribution in [0.2, 0.25) is 0 Å². The highest BCUT2D eigenvalue weighted by Crippen LogP contribution is 2.37. The molecule has 0 aliphatic carbocycles. The Kier molecular flexibility index (Phi) is 7.21. The number of nitrogens with zero attached hydrogens (tertiary/aromatic N) is 3. The normalized spacial score (nSPS) is 12.0. The van der Waals surface area contributed by atoms with Gasteiger partial charge in [-0.25, -0.2) is 0 Å². The maximum absolute atomic E-state index is 13.1. The van der Waals surface area contributed by atoms with E-state index in [2.05, 4.69) is 15.5 Å². The average Bonchev–Trinajstić information content (AvgIpc) is 3.51. The number of thioether (sulfide) groups is 1. The number of alkyl halides is 6. The summed E-state index contributed by atoms with van der Waals surface area (Å²) in [7, 11) is 1.50. The molecule has 0 fully saturated rings. The summed E-state index contributed by atoms with van der Waals surface area (Å²) in [5.41, 5.74) is -3.12. The number of hydrogen-bond acceptors (Lipinski definition) is 6. The minimum Gasteiger partial charge on any atom is -0.497 e. The first kappa shape index (κ1) is 26.1. The zero-order chi connectivity index (χ0) is 26.8. The maximum Gasteiger partial charge on any atom is 0.416 e. The number of aromatic nitrogens is 3. The standard InChI is InChI=1S/C23H16F6N4O3S/c1-35-17-6-4-16(5-7-17)33-20(18-3-2-8-36-18)31-32-21(33)37-12-19(34)30-15-10-13(22(24,25)26)9-14(11-15)23(27,28)29/h2-11H,12H2,1H3,(H,30,34). The molecule has 2 aromatic carbocycles. The second-order valence-electron chi connectivity index (χ2n) is 7.45. The lowest BCUT2D eigenvalue weighted by atomic mass is 10.1. The first-order chi connectivity index (χ1) is 17.5. The molecule has 0 bridgehead atoms. The molecule has 7 nitrogen and oxygen atoms in total. The molecular formula is C23H16F6N4O3S. The van der Waals surface area contributed by atoms with Gasteiger partial charge in [-0.2, -0.15) is 26.3 Å². The minimum atomic E-state index is -5.04. The fourth-order valence-corrected chi connectivity index (χ4v) is 4.00. The number of methoxy groups -OCH3 is 1. The van der Waals surface area contributed by atoms with Crippen LogP contribution in [0.3, 0.4) is 0 Å². The van der Waals surface area contributed by atoms with E-state index in [1.165, 1.54) is 13.4 Å². The molecule has 0 spiro atoms. The van der Waals surface area contributed by atoms with Crippen LogP contribution >= 0.6 is 11.8 Å². The van der Waals surface area contributed by atoms with Crippen LogP contribution in [0, 0.1) is 0 Å². The number of hydrogen-bond donors (Lipinski definition) is 1. The molecule has 0 radical (unpaired) electrons. The highest BCUT2D eigenvalue weighted by molar-refractivity contribution is 7.99. The summed E-state index contributed by atoms with van der Waals surface area (Å²) >= 11 is 0.877. The van der Waals surface area contributed by atoms with Gasteiger partial charge in [-0.1, -0.05) is 11.8 Å². The Morgan fingerprint density at radius 1 is 1.00 bits per heavy atom. The van der Waals surface area contributed by atoms with Gasteiger partial charge in [-0.15, -0.1) is 10.2 Å². The minimum absolute atomic E-state index is 0.0160. The van der Waals surface area contributed by atoms with E-state index in [4.69, 9.17) is 9.15 Å². The number of halogens is 6. The number of rotatable bonds is 7. The van der Waals surface area contributed by atoms with E-state index >= 15 is 0 Å². The molecule has 1 amide bonds.